The molecule has 2 atom stereocenters. The molecule has 0 radical (unpaired) electrons. The Bertz CT molecular complexity index is 908. The summed E-state index contributed by atoms with van der Waals surface area (Å²) < 4.78 is 10.9. The first-order chi connectivity index (χ1) is 14.6. The maximum atomic E-state index is 12.8. The lowest BCUT2D eigenvalue weighted by Crippen LogP contribution is -2.42. The van der Waals surface area contributed by atoms with Crippen LogP contribution in [0, 0.1) is 5.92 Å². The van der Waals surface area contributed by atoms with Gasteiger partial charge in [0.05, 0.1) is 13.0 Å². The molecule has 2 fully saturated rings. The van der Waals surface area contributed by atoms with E-state index in [1.165, 1.54) is 0 Å². The third-order valence-corrected chi connectivity index (χ3v) is 5.82. The van der Waals surface area contributed by atoms with Crippen molar-refractivity contribution in [1.29, 1.82) is 0 Å². The lowest BCUT2D eigenvalue weighted by atomic mass is 9.95. The molecule has 30 heavy (non-hydrogen) atoms. The SMILES string of the molecule is COc1cccc(-c2cccc(C[C@@H]3CN(C(=O)[C@H]4CCCO4)CCNC3=O)c2)c1. The van der Waals surface area contributed by atoms with Crippen molar-refractivity contribution in [2.45, 2.75) is 25.4 Å². The Morgan fingerprint density at radius 1 is 1.20 bits per heavy atom. The Kier molecular flexibility index (Phi) is 6.33. The minimum Gasteiger partial charge on any atom is -0.497 e. The van der Waals surface area contributed by atoms with E-state index in [0.29, 0.717) is 32.7 Å². The molecule has 0 unspecified atom stereocenters. The largest absolute Gasteiger partial charge is 0.497 e. The fraction of sp³-hybridized carbons (Fsp3) is 0.417. The lowest BCUT2D eigenvalue weighted by Gasteiger charge is -2.25. The predicted octanol–water partition coefficient (Wildman–Crippen LogP) is 2.66. The van der Waals surface area contributed by atoms with E-state index in [9.17, 15) is 9.59 Å². The number of amides is 2. The van der Waals surface area contributed by atoms with Gasteiger partial charge in [-0.2, -0.15) is 0 Å². The molecule has 2 heterocycles. The Morgan fingerprint density at radius 3 is 2.77 bits per heavy atom. The highest BCUT2D eigenvalue weighted by atomic mass is 16.5. The first-order valence-corrected chi connectivity index (χ1v) is 10.6. The van der Waals surface area contributed by atoms with E-state index in [4.69, 9.17) is 9.47 Å². The highest BCUT2D eigenvalue weighted by molar-refractivity contribution is 5.84. The first-order valence-electron chi connectivity index (χ1n) is 10.6. The van der Waals surface area contributed by atoms with E-state index in [1.807, 2.05) is 36.4 Å². The molecule has 2 amide bonds. The van der Waals surface area contributed by atoms with Gasteiger partial charge in [-0.3, -0.25) is 9.59 Å². The fourth-order valence-corrected chi connectivity index (χ4v) is 4.20. The topological polar surface area (TPSA) is 67.9 Å². The zero-order chi connectivity index (χ0) is 20.9. The van der Waals surface area contributed by atoms with E-state index in [2.05, 4.69) is 17.4 Å². The van der Waals surface area contributed by atoms with Crippen LogP contribution in [0.25, 0.3) is 11.1 Å². The molecule has 2 saturated heterocycles. The zero-order valence-corrected chi connectivity index (χ0v) is 17.3. The Labute approximate surface area is 177 Å². The normalized spacial score (nSPS) is 21.8. The van der Waals surface area contributed by atoms with Crippen LogP contribution in [0.15, 0.2) is 48.5 Å². The van der Waals surface area contributed by atoms with Crippen LogP contribution in [0.4, 0.5) is 0 Å². The number of benzene rings is 2. The van der Waals surface area contributed by atoms with Crippen LogP contribution in [-0.2, 0) is 20.7 Å². The first kappa shape index (κ1) is 20.4. The average molecular weight is 408 g/mol. The summed E-state index contributed by atoms with van der Waals surface area (Å²) in [5, 5.41) is 2.96. The third-order valence-electron chi connectivity index (χ3n) is 5.82. The van der Waals surface area contributed by atoms with Gasteiger partial charge in [0.25, 0.3) is 5.91 Å². The second kappa shape index (κ2) is 9.30. The number of nitrogens with one attached hydrogen (secondary N) is 1. The summed E-state index contributed by atoms with van der Waals surface area (Å²) in [6, 6.07) is 16.1. The molecular formula is C24H28N2O4. The van der Waals surface area contributed by atoms with Crippen molar-refractivity contribution < 1.29 is 19.1 Å². The highest BCUT2D eigenvalue weighted by Gasteiger charge is 2.33. The predicted molar refractivity (Wildman–Crippen MR) is 114 cm³/mol. The molecule has 2 aliphatic rings. The van der Waals surface area contributed by atoms with Crippen molar-refractivity contribution >= 4 is 11.8 Å². The monoisotopic (exact) mass is 408 g/mol. The summed E-state index contributed by atoms with van der Waals surface area (Å²) in [6.07, 6.45) is 1.92. The molecule has 0 spiro atoms. The van der Waals surface area contributed by atoms with Crippen molar-refractivity contribution in [2.24, 2.45) is 5.92 Å². The lowest BCUT2D eigenvalue weighted by molar-refractivity contribution is -0.141. The Morgan fingerprint density at radius 2 is 2.00 bits per heavy atom. The van der Waals surface area contributed by atoms with Crippen LogP contribution in [0.3, 0.4) is 0 Å². The van der Waals surface area contributed by atoms with Gasteiger partial charge in [0.1, 0.15) is 11.9 Å². The number of carbonyl (C=O) groups excluding carboxylic acids is 2. The molecule has 6 nitrogen and oxygen atoms in total. The summed E-state index contributed by atoms with van der Waals surface area (Å²) in [6.45, 7) is 2.08. The fourth-order valence-electron chi connectivity index (χ4n) is 4.20. The van der Waals surface area contributed by atoms with E-state index >= 15 is 0 Å². The minimum atomic E-state index is -0.352. The molecule has 158 valence electrons. The van der Waals surface area contributed by atoms with Gasteiger partial charge in [0.2, 0.25) is 5.91 Å². The van der Waals surface area contributed by atoms with Gasteiger partial charge in [-0.1, -0.05) is 36.4 Å². The van der Waals surface area contributed by atoms with Crippen molar-refractivity contribution in [1.82, 2.24) is 10.2 Å². The van der Waals surface area contributed by atoms with Crippen LogP contribution in [0.1, 0.15) is 18.4 Å². The molecule has 0 saturated carbocycles. The Balaban J connectivity index is 1.50. The van der Waals surface area contributed by atoms with E-state index < -0.39 is 0 Å². The van der Waals surface area contributed by atoms with Crippen molar-refractivity contribution in [3.63, 3.8) is 0 Å². The number of hydrogen-bond acceptors (Lipinski definition) is 4. The Hall–Kier alpha value is -2.86. The average Bonchev–Trinajstić information content (AvgIpc) is 3.26. The molecule has 2 aliphatic heterocycles. The van der Waals surface area contributed by atoms with Gasteiger partial charge in [-0.05, 0) is 48.1 Å². The summed E-state index contributed by atoms with van der Waals surface area (Å²) in [5.41, 5.74) is 3.21. The summed E-state index contributed by atoms with van der Waals surface area (Å²) in [4.78, 5) is 27.3. The number of nitrogens with zero attached hydrogens (tertiary/aromatic N) is 1. The molecule has 2 aromatic rings. The molecular weight excluding hydrogens is 380 g/mol. The van der Waals surface area contributed by atoms with Gasteiger partial charge >= 0.3 is 0 Å². The molecule has 0 bridgehead atoms. The summed E-state index contributed by atoms with van der Waals surface area (Å²) in [5.74, 6) is 0.548. The number of methoxy groups -OCH3 is 1. The maximum Gasteiger partial charge on any atom is 0.251 e. The van der Waals surface area contributed by atoms with Crippen LogP contribution >= 0.6 is 0 Å². The van der Waals surface area contributed by atoms with Gasteiger partial charge in [-0.25, -0.2) is 0 Å². The quantitative estimate of drug-likeness (QED) is 0.826. The third kappa shape index (κ3) is 4.65. The molecule has 0 aromatic heterocycles. The maximum absolute atomic E-state index is 12.8. The second-order valence-corrected chi connectivity index (χ2v) is 7.91. The highest BCUT2D eigenvalue weighted by Crippen LogP contribution is 2.26. The number of rotatable bonds is 5. The standard InChI is InChI=1S/C24H28N2O4/c1-29-21-8-3-7-19(15-21)18-6-2-5-17(13-18)14-20-16-26(11-10-25-23(20)27)24(28)22-9-4-12-30-22/h2-3,5-8,13,15,20,22H,4,9-12,14,16H2,1H3,(H,25,27)/t20-,22-/m1/s1. The van der Waals surface area contributed by atoms with Crippen LogP contribution in [-0.4, -0.2) is 56.2 Å². The van der Waals surface area contributed by atoms with Gasteiger partial charge in [-0.15, -0.1) is 0 Å². The summed E-state index contributed by atoms with van der Waals surface area (Å²) in [7, 11) is 1.66. The molecule has 6 heteroatoms. The van der Waals surface area contributed by atoms with Gasteiger partial charge in [0, 0.05) is 26.2 Å². The molecule has 1 N–H and O–H groups in total. The summed E-state index contributed by atoms with van der Waals surface area (Å²) >= 11 is 0. The number of carbonyl (C=O) groups is 2. The molecule has 0 aliphatic carbocycles. The van der Waals surface area contributed by atoms with E-state index in [0.717, 1.165) is 35.3 Å². The van der Waals surface area contributed by atoms with Crippen molar-refractivity contribution in [3.05, 3.63) is 54.1 Å². The number of hydrogen-bond donors (Lipinski definition) is 1. The van der Waals surface area contributed by atoms with Crippen molar-refractivity contribution in [2.75, 3.05) is 33.4 Å². The second-order valence-electron chi connectivity index (χ2n) is 7.91. The van der Waals surface area contributed by atoms with Gasteiger partial charge in [0.15, 0.2) is 0 Å². The molecule has 2 aromatic carbocycles. The van der Waals surface area contributed by atoms with E-state index in [-0.39, 0.29) is 23.8 Å². The van der Waals surface area contributed by atoms with Crippen LogP contribution < -0.4 is 10.1 Å². The zero-order valence-electron chi connectivity index (χ0n) is 17.3. The number of ether oxygens (including phenoxy) is 2. The smallest absolute Gasteiger partial charge is 0.251 e. The van der Waals surface area contributed by atoms with Crippen LogP contribution in [0.2, 0.25) is 0 Å². The van der Waals surface area contributed by atoms with E-state index in [1.54, 1.807) is 12.0 Å². The van der Waals surface area contributed by atoms with Crippen LogP contribution in [0.5, 0.6) is 5.75 Å². The minimum absolute atomic E-state index is 0.00410. The van der Waals surface area contributed by atoms with Crippen molar-refractivity contribution in [3.8, 4) is 16.9 Å². The molecule has 4 rings (SSSR count). The van der Waals surface area contributed by atoms with Gasteiger partial charge < -0.3 is 19.7 Å².